The molecule has 0 bridgehead atoms. The van der Waals surface area contributed by atoms with Gasteiger partial charge in [-0.05, 0) is 88.3 Å². The molecule has 4 nitrogen and oxygen atoms in total. The number of aromatic nitrogens is 1. The van der Waals surface area contributed by atoms with Gasteiger partial charge in [0.05, 0.1) is 5.69 Å². The lowest BCUT2D eigenvalue weighted by Crippen LogP contribution is -2.20. The average Bonchev–Trinajstić information content (AvgIpc) is 2.97. The lowest BCUT2D eigenvalue weighted by Gasteiger charge is -2.22. The predicted octanol–water partition coefficient (Wildman–Crippen LogP) is 10.9. The van der Waals surface area contributed by atoms with E-state index in [1.165, 1.54) is 13.8 Å². The first-order valence-electron chi connectivity index (χ1n) is 15.7. The molecule has 0 radical (unpaired) electrons. The van der Waals surface area contributed by atoms with E-state index in [2.05, 4.69) is 68.0 Å². The SMILES string of the molecule is C=C/C(=C\N(C)C)c1cccc(-c2nc(C)c(/C(C=NC)=C/C)cc2C)c1.CC.CC(C)=O.CCCC(F)(CC)CCC. The molecule has 0 saturated heterocycles. The third-order valence-corrected chi connectivity index (χ3v) is 6.41. The van der Waals surface area contributed by atoms with Gasteiger partial charge in [0.2, 0.25) is 0 Å². The molecule has 0 saturated carbocycles. The maximum Gasteiger partial charge on any atom is 0.126 e. The molecule has 0 aliphatic carbocycles. The zero-order valence-corrected chi connectivity index (χ0v) is 29.6. The molecule has 1 aromatic carbocycles. The van der Waals surface area contributed by atoms with E-state index in [0.717, 1.165) is 70.5 Å². The van der Waals surface area contributed by atoms with Gasteiger partial charge in [-0.1, -0.05) is 84.4 Å². The summed E-state index contributed by atoms with van der Waals surface area (Å²) in [5.74, 6) is 0.167. The monoisotopic (exact) mass is 593 g/mol. The van der Waals surface area contributed by atoms with Crippen LogP contribution in [0.2, 0.25) is 0 Å². The predicted molar refractivity (Wildman–Crippen MR) is 191 cm³/mol. The van der Waals surface area contributed by atoms with Crippen LogP contribution in [0.5, 0.6) is 0 Å². The number of pyridine rings is 1. The van der Waals surface area contributed by atoms with E-state index in [-0.39, 0.29) is 5.78 Å². The highest BCUT2D eigenvalue weighted by molar-refractivity contribution is 6.10. The van der Waals surface area contributed by atoms with Gasteiger partial charge in [-0.15, -0.1) is 0 Å². The molecule has 43 heavy (non-hydrogen) atoms. The number of carbonyl (C=O) groups is 1. The largest absolute Gasteiger partial charge is 0.383 e. The summed E-state index contributed by atoms with van der Waals surface area (Å²) in [5.41, 5.74) is 7.84. The molecule has 0 N–H and O–H groups in total. The number of allylic oxidation sites excluding steroid dienone is 4. The number of hydrogen-bond acceptors (Lipinski definition) is 4. The van der Waals surface area contributed by atoms with E-state index in [4.69, 9.17) is 4.98 Å². The van der Waals surface area contributed by atoms with Crippen LogP contribution in [0.25, 0.3) is 22.4 Å². The number of nitrogens with zero attached hydrogens (tertiary/aromatic N) is 3. The van der Waals surface area contributed by atoms with Crippen molar-refractivity contribution in [3.8, 4) is 11.3 Å². The summed E-state index contributed by atoms with van der Waals surface area (Å²) >= 11 is 0. The third-order valence-electron chi connectivity index (χ3n) is 6.41. The molecule has 0 atom stereocenters. The molecule has 2 rings (SSSR count). The Morgan fingerprint density at radius 2 is 1.60 bits per heavy atom. The lowest BCUT2D eigenvalue weighted by atomic mass is 9.92. The first-order chi connectivity index (χ1) is 20.3. The maximum atomic E-state index is 13.5. The fourth-order valence-electron chi connectivity index (χ4n) is 4.47. The van der Waals surface area contributed by atoms with Crippen molar-refractivity contribution in [2.45, 2.75) is 107 Å². The summed E-state index contributed by atoms with van der Waals surface area (Å²) in [6, 6.07) is 10.7. The highest BCUT2D eigenvalue weighted by Crippen LogP contribution is 2.29. The molecule has 0 fully saturated rings. The number of benzene rings is 1. The zero-order valence-electron chi connectivity index (χ0n) is 29.6. The van der Waals surface area contributed by atoms with E-state index in [0.29, 0.717) is 6.42 Å². The molecule has 0 spiro atoms. The molecule has 1 aromatic heterocycles. The van der Waals surface area contributed by atoms with Gasteiger partial charge in [-0.25, -0.2) is 4.39 Å². The van der Waals surface area contributed by atoms with Crippen LogP contribution in [-0.2, 0) is 4.79 Å². The van der Waals surface area contributed by atoms with Crippen LogP contribution in [-0.4, -0.2) is 48.7 Å². The maximum absolute atomic E-state index is 13.5. The Hall–Kier alpha value is -3.34. The molecule has 1 heterocycles. The van der Waals surface area contributed by atoms with Gasteiger partial charge in [-0.2, -0.15) is 0 Å². The topological polar surface area (TPSA) is 45.6 Å². The van der Waals surface area contributed by atoms with Crippen molar-refractivity contribution >= 4 is 23.1 Å². The second-order valence-corrected chi connectivity index (χ2v) is 10.7. The number of carbonyl (C=O) groups excluding carboxylic acids is 1. The van der Waals surface area contributed by atoms with E-state index in [9.17, 15) is 9.18 Å². The van der Waals surface area contributed by atoms with Crippen molar-refractivity contribution in [2.24, 2.45) is 4.99 Å². The number of aliphatic imine (C=N–C) groups is 1. The molecule has 2 aromatic rings. The minimum atomic E-state index is -0.858. The quantitative estimate of drug-likeness (QED) is 0.192. The third kappa shape index (κ3) is 16.2. The Morgan fingerprint density at radius 3 is 2.02 bits per heavy atom. The van der Waals surface area contributed by atoms with E-state index < -0.39 is 5.67 Å². The smallest absolute Gasteiger partial charge is 0.126 e. The van der Waals surface area contributed by atoms with E-state index in [1.54, 1.807) is 7.05 Å². The normalized spacial score (nSPS) is 11.4. The van der Waals surface area contributed by atoms with Crippen molar-refractivity contribution in [3.63, 3.8) is 0 Å². The summed E-state index contributed by atoms with van der Waals surface area (Å²) in [5, 5.41) is 0. The van der Waals surface area contributed by atoms with Gasteiger partial charge in [-0.3, -0.25) is 9.98 Å². The molecule has 0 aliphatic heterocycles. The second kappa shape index (κ2) is 23.2. The van der Waals surface area contributed by atoms with Crippen LogP contribution in [0.3, 0.4) is 0 Å². The van der Waals surface area contributed by atoms with Crippen LogP contribution in [0.15, 0.2) is 60.3 Å². The zero-order chi connectivity index (χ0) is 33.6. The Balaban J connectivity index is 0. The minimum Gasteiger partial charge on any atom is -0.383 e. The fourth-order valence-corrected chi connectivity index (χ4v) is 4.47. The van der Waals surface area contributed by atoms with Gasteiger partial charge in [0.1, 0.15) is 11.5 Å². The minimum absolute atomic E-state index is 0.167. The molecule has 0 amide bonds. The summed E-state index contributed by atoms with van der Waals surface area (Å²) in [6.45, 7) is 23.2. The van der Waals surface area contributed by atoms with Gasteiger partial charge < -0.3 is 9.69 Å². The lowest BCUT2D eigenvalue weighted by molar-refractivity contribution is -0.115. The second-order valence-electron chi connectivity index (χ2n) is 10.7. The first kappa shape index (κ1) is 41.8. The van der Waals surface area contributed by atoms with Crippen LogP contribution >= 0.6 is 0 Å². The number of aryl methyl sites for hydroxylation is 2. The van der Waals surface area contributed by atoms with Gasteiger partial charge in [0.15, 0.2) is 0 Å². The first-order valence-corrected chi connectivity index (χ1v) is 15.7. The number of alkyl halides is 1. The van der Waals surface area contributed by atoms with Crippen molar-refractivity contribution in [3.05, 3.63) is 77.6 Å². The van der Waals surface area contributed by atoms with Crippen LogP contribution in [0, 0.1) is 13.8 Å². The van der Waals surface area contributed by atoms with Gasteiger partial charge in [0, 0.05) is 50.4 Å². The average molecular weight is 594 g/mol. The van der Waals surface area contributed by atoms with E-state index in [1.807, 2.05) is 72.8 Å². The molecule has 0 unspecified atom stereocenters. The van der Waals surface area contributed by atoms with Crippen molar-refractivity contribution in [2.75, 3.05) is 21.1 Å². The highest BCUT2D eigenvalue weighted by Gasteiger charge is 2.24. The van der Waals surface area contributed by atoms with Gasteiger partial charge in [0.25, 0.3) is 0 Å². The Kier molecular flexibility index (Phi) is 22.5. The molecule has 0 aliphatic rings. The Bertz CT molecular complexity index is 1180. The standard InChI is InChI=1S/C24H29N3.C9H19F.C3H6O.C2H6/c1-8-19(15-25-5)23-13-17(3)24(26-18(23)4)22-12-10-11-21(14-22)20(9-2)16-27(6)7;1-4-7-9(10,6-3)8-5-2;1-3(2)4;1-2/h8-16H,2H2,1,3-7H3;4-8H2,1-3H3;1-2H3;1-2H3/b19-8+,20-16+,25-15?;;;. The van der Waals surface area contributed by atoms with E-state index >= 15 is 0 Å². The number of Topliss-reactive ketones (excluding diaryl/α,β-unsaturated/α-hetero) is 1. The summed E-state index contributed by atoms with van der Waals surface area (Å²) in [4.78, 5) is 20.6. The Labute approximate surface area is 263 Å². The highest BCUT2D eigenvalue weighted by atomic mass is 19.1. The van der Waals surface area contributed by atoms with Crippen LogP contribution < -0.4 is 0 Å². The van der Waals surface area contributed by atoms with Crippen molar-refractivity contribution in [1.29, 1.82) is 0 Å². The molecular formula is C38H60FN3O. The molecule has 5 heteroatoms. The number of rotatable bonds is 11. The summed E-state index contributed by atoms with van der Waals surface area (Å²) in [7, 11) is 5.82. The number of ketones is 1. The summed E-state index contributed by atoms with van der Waals surface area (Å²) in [6.07, 6.45) is 12.0. The van der Waals surface area contributed by atoms with Crippen LogP contribution in [0.1, 0.15) is 110 Å². The number of halogens is 1. The van der Waals surface area contributed by atoms with Crippen LogP contribution in [0.4, 0.5) is 4.39 Å². The van der Waals surface area contributed by atoms with Gasteiger partial charge >= 0.3 is 0 Å². The summed E-state index contributed by atoms with van der Waals surface area (Å²) < 4.78 is 13.5. The fraction of sp³-hybridized carbons (Fsp3) is 0.500. The molecule has 240 valence electrons. The number of hydrogen-bond donors (Lipinski definition) is 0. The van der Waals surface area contributed by atoms with Crippen molar-refractivity contribution in [1.82, 2.24) is 9.88 Å². The Morgan fingerprint density at radius 1 is 1.05 bits per heavy atom. The van der Waals surface area contributed by atoms with Crippen molar-refractivity contribution < 1.29 is 9.18 Å². The molecular weight excluding hydrogens is 533 g/mol.